The van der Waals surface area contributed by atoms with E-state index in [1.54, 1.807) is 18.2 Å². The number of benzene rings is 1. The molecule has 9 heteroatoms. The minimum Gasteiger partial charge on any atom is -0.414 e. The zero-order valence-corrected chi connectivity index (χ0v) is 16.5. The van der Waals surface area contributed by atoms with E-state index in [9.17, 15) is 4.79 Å². The molecule has 2 N–H and O–H groups in total. The van der Waals surface area contributed by atoms with Crippen LogP contribution in [-0.4, -0.2) is 29.7 Å². The second kappa shape index (κ2) is 8.18. The van der Waals surface area contributed by atoms with Gasteiger partial charge in [-0.05, 0) is 30.5 Å². The smallest absolute Gasteiger partial charge is 0.279 e. The summed E-state index contributed by atoms with van der Waals surface area (Å²) in [6.45, 7) is 2.12. The Morgan fingerprint density at radius 3 is 2.65 bits per heavy atom. The number of thiophene rings is 1. The summed E-state index contributed by atoms with van der Waals surface area (Å²) in [6, 6.07) is 8.77. The SMILES string of the molecule is C[C@H](c1nnc(-c2cccs2)o1)[NH+](C)CC(=O)Nc1c(Cl)cccc1Cl. The van der Waals surface area contributed by atoms with Gasteiger partial charge in [-0.3, -0.25) is 4.79 Å². The maximum Gasteiger partial charge on any atom is 0.279 e. The molecule has 6 nitrogen and oxygen atoms in total. The lowest BCUT2D eigenvalue weighted by atomic mass is 10.3. The zero-order chi connectivity index (χ0) is 18.7. The van der Waals surface area contributed by atoms with Crippen molar-refractivity contribution < 1.29 is 14.1 Å². The number of aromatic nitrogens is 2. The van der Waals surface area contributed by atoms with Crippen molar-refractivity contribution >= 4 is 46.1 Å². The monoisotopic (exact) mass is 411 g/mol. The number of amides is 1. The van der Waals surface area contributed by atoms with Crippen molar-refractivity contribution in [1.29, 1.82) is 0 Å². The van der Waals surface area contributed by atoms with Gasteiger partial charge < -0.3 is 14.6 Å². The molecule has 2 atom stereocenters. The number of hydrogen-bond donors (Lipinski definition) is 2. The molecule has 2 aromatic heterocycles. The number of halogens is 2. The molecule has 1 amide bonds. The Labute approximate surface area is 164 Å². The van der Waals surface area contributed by atoms with Gasteiger partial charge in [-0.15, -0.1) is 21.5 Å². The van der Waals surface area contributed by atoms with Crippen LogP contribution in [0.3, 0.4) is 0 Å². The van der Waals surface area contributed by atoms with Gasteiger partial charge in [0.15, 0.2) is 12.6 Å². The van der Waals surface area contributed by atoms with Crippen LogP contribution in [0.15, 0.2) is 40.1 Å². The standard InChI is InChI=1S/C17H16Cl2N4O2S/c1-10(16-21-22-17(25-16)13-7-4-8-26-13)23(2)9-14(24)20-15-11(18)5-3-6-12(15)19/h3-8,10H,9H2,1-2H3,(H,20,24)/p+1/t10-/m1/s1. The number of quaternary nitrogens is 1. The van der Waals surface area contributed by atoms with Crippen molar-refractivity contribution in [1.82, 2.24) is 10.2 Å². The first-order valence-corrected chi connectivity index (χ1v) is 9.52. The molecule has 136 valence electrons. The lowest BCUT2D eigenvalue weighted by Gasteiger charge is -2.18. The number of hydrogen-bond acceptors (Lipinski definition) is 5. The number of nitrogens with zero attached hydrogens (tertiary/aromatic N) is 2. The maximum absolute atomic E-state index is 12.3. The molecule has 0 bridgehead atoms. The van der Waals surface area contributed by atoms with Crippen LogP contribution in [0, 0.1) is 0 Å². The predicted octanol–water partition coefficient (Wildman–Crippen LogP) is 3.32. The topological polar surface area (TPSA) is 72.5 Å². The lowest BCUT2D eigenvalue weighted by Crippen LogP contribution is -3.10. The number of nitrogens with one attached hydrogen (secondary N) is 2. The molecule has 2 heterocycles. The molecule has 3 aromatic rings. The molecule has 0 aliphatic heterocycles. The first kappa shape index (κ1) is 18.8. The molecule has 3 rings (SSSR count). The van der Waals surface area contributed by atoms with Crippen molar-refractivity contribution in [3.63, 3.8) is 0 Å². The third kappa shape index (κ3) is 4.24. The summed E-state index contributed by atoms with van der Waals surface area (Å²) < 4.78 is 5.74. The highest BCUT2D eigenvalue weighted by atomic mass is 35.5. The van der Waals surface area contributed by atoms with E-state index in [-0.39, 0.29) is 18.5 Å². The highest BCUT2D eigenvalue weighted by Gasteiger charge is 2.25. The Morgan fingerprint density at radius 1 is 1.27 bits per heavy atom. The number of para-hydroxylation sites is 1. The Balaban J connectivity index is 1.64. The van der Waals surface area contributed by atoms with Crippen molar-refractivity contribution in [2.45, 2.75) is 13.0 Å². The fraction of sp³-hybridized carbons (Fsp3) is 0.235. The molecule has 0 saturated carbocycles. The predicted molar refractivity (Wildman–Crippen MR) is 103 cm³/mol. The van der Waals surface area contributed by atoms with Gasteiger partial charge in [0.05, 0.1) is 27.7 Å². The van der Waals surface area contributed by atoms with Gasteiger partial charge in [-0.1, -0.05) is 35.3 Å². The van der Waals surface area contributed by atoms with Crippen molar-refractivity contribution in [2.75, 3.05) is 18.9 Å². The van der Waals surface area contributed by atoms with Gasteiger partial charge >= 0.3 is 0 Å². The van der Waals surface area contributed by atoms with Crippen molar-refractivity contribution in [3.8, 4) is 10.8 Å². The Morgan fingerprint density at radius 2 is 2.00 bits per heavy atom. The first-order chi connectivity index (χ1) is 12.5. The normalized spacial score (nSPS) is 13.4. The van der Waals surface area contributed by atoms with E-state index >= 15 is 0 Å². The molecule has 0 spiro atoms. The minimum atomic E-state index is -0.206. The number of likely N-dealkylation sites (N-methyl/N-ethyl adjacent to an activating group) is 1. The van der Waals surface area contributed by atoms with Crippen LogP contribution in [0.1, 0.15) is 18.9 Å². The molecular weight excluding hydrogens is 395 g/mol. The summed E-state index contributed by atoms with van der Waals surface area (Å²) in [4.78, 5) is 14.2. The quantitative estimate of drug-likeness (QED) is 0.652. The number of carbonyl (C=O) groups is 1. The summed E-state index contributed by atoms with van der Waals surface area (Å²) in [5.41, 5.74) is 0.416. The Bertz CT molecular complexity index is 878. The fourth-order valence-corrected chi connectivity index (χ4v) is 3.46. The first-order valence-electron chi connectivity index (χ1n) is 7.89. The van der Waals surface area contributed by atoms with Crippen LogP contribution in [0.2, 0.25) is 10.0 Å². The van der Waals surface area contributed by atoms with Gasteiger partial charge in [0.25, 0.3) is 17.7 Å². The van der Waals surface area contributed by atoms with Crippen LogP contribution in [-0.2, 0) is 4.79 Å². The second-order valence-corrected chi connectivity index (χ2v) is 7.57. The number of carbonyl (C=O) groups excluding carboxylic acids is 1. The van der Waals surface area contributed by atoms with Crippen LogP contribution >= 0.6 is 34.5 Å². The van der Waals surface area contributed by atoms with Crippen molar-refractivity contribution in [3.05, 3.63) is 51.6 Å². The highest BCUT2D eigenvalue weighted by molar-refractivity contribution is 7.13. The summed E-state index contributed by atoms with van der Waals surface area (Å²) in [5, 5.41) is 13.7. The highest BCUT2D eigenvalue weighted by Crippen LogP contribution is 2.29. The number of rotatable bonds is 6. The van der Waals surface area contributed by atoms with Gasteiger partial charge in [-0.2, -0.15) is 0 Å². The molecule has 0 fully saturated rings. The van der Waals surface area contributed by atoms with E-state index in [1.165, 1.54) is 11.3 Å². The van der Waals surface area contributed by atoms with E-state index in [1.807, 2.05) is 31.5 Å². The summed E-state index contributed by atoms with van der Waals surface area (Å²) >= 11 is 13.7. The van der Waals surface area contributed by atoms with Gasteiger partial charge in [0, 0.05) is 0 Å². The minimum absolute atomic E-state index is 0.149. The summed E-state index contributed by atoms with van der Waals surface area (Å²) in [6.07, 6.45) is 0. The van der Waals surface area contributed by atoms with Crippen LogP contribution in [0.4, 0.5) is 5.69 Å². The summed E-state index contributed by atoms with van der Waals surface area (Å²) in [7, 11) is 1.88. The van der Waals surface area contributed by atoms with Crippen LogP contribution < -0.4 is 10.2 Å². The molecule has 26 heavy (non-hydrogen) atoms. The maximum atomic E-state index is 12.3. The lowest BCUT2D eigenvalue weighted by molar-refractivity contribution is -0.903. The molecular formula is C17H17Cl2N4O2S+. The largest absolute Gasteiger partial charge is 0.414 e. The van der Waals surface area contributed by atoms with Crippen molar-refractivity contribution in [2.24, 2.45) is 0 Å². The van der Waals surface area contributed by atoms with E-state index in [2.05, 4.69) is 15.5 Å². The third-order valence-electron chi connectivity index (χ3n) is 3.95. The average Bonchev–Trinajstić information content (AvgIpc) is 3.28. The average molecular weight is 412 g/mol. The molecule has 1 aromatic carbocycles. The van der Waals surface area contributed by atoms with E-state index < -0.39 is 0 Å². The Hall–Kier alpha value is -1.93. The zero-order valence-electron chi connectivity index (χ0n) is 14.1. The fourth-order valence-electron chi connectivity index (χ4n) is 2.33. The third-order valence-corrected chi connectivity index (χ3v) is 5.44. The van der Waals surface area contributed by atoms with Crippen LogP contribution in [0.25, 0.3) is 10.8 Å². The van der Waals surface area contributed by atoms with Gasteiger partial charge in [0.1, 0.15) is 0 Å². The van der Waals surface area contributed by atoms with E-state index in [0.29, 0.717) is 27.5 Å². The Kier molecular flexibility index (Phi) is 5.93. The van der Waals surface area contributed by atoms with Gasteiger partial charge in [0.2, 0.25) is 0 Å². The summed E-state index contributed by atoms with van der Waals surface area (Å²) in [5.74, 6) is 0.763. The van der Waals surface area contributed by atoms with E-state index in [0.717, 1.165) is 9.78 Å². The molecule has 0 saturated heterocycles. The molecule has 0 aliphatic carbocycles. The molecule has 1 unspecified atom stereocenters. The molecule has 0 aliphatic rings. The van der Waals surface area contributed by atoms with Crippen LogP contribution in [0.5, 0.6) is 0 Å². The van der Waals surface area contributed by atoms with Gasteiger partial charge in [-0.25, -0.2) is 0 Å². The second-order valence-electron chi connectivity index (χ2n) is 5.81. The number of anilines is 1. The van der Waals surface area contributed by atoms with E-state index in [4.69, 9.17) is 27.6 Å². The molecule has 0 radical (unpaired) electrons.